The van der Waals surface area contributed by atoms with Crippen LogP contribution in [0.5, 0.6) is 5.75 Å². The van der Waals surface area contributed by atoms with Crippen molar-refractivity contribution in [3.8, 4) is 5.75 Å². The van der Waals surface area contributed by atoms with Crippen molar-refractivity contribution in [2.75, 3.05) is 23.9 Å². The van der Waals surface area contributed by atoms with Crippen LogP contribution in [-0.4, -0.2) is 48.5 Å². The van der Waals surface area contributed by atoms with Crippen LogP contribution in [0.4, 0.5) is 16.2 Å². The summed E-state index contributed by atoms with van der Waals surface area (Å²) in [5.41, 5.74) is 2.96. The topological polar surface area (TPSA) is 105 Å². The first kappa shape index (κ1) is 26.4. The maximum absolute atomic E-state index is 13.5. The molecular formula is C29H29N3O6. The second-order valence-electron chi connectivity index (χ2n) is 8.84. The van der Waals surface area contributed by atoms with Crippen LogP contribution >= 0.6 is 0 Å². The SMILES string of the molecule is CCOC(=O)c1ccc(NC(=O)C[C@H]2C(=O)N(c3cccc(C)c3)C(=O)N2Cc2ccc(OC)cc2)cc1. The summed E-state index contributed by atoms with van der Waals surface area (Å²) < 4.78 is 10.2. The number of nitrogens with one attached hydrogen (secondary N) is 1. The van der Waals surface area contributed by atoms with Gasteiger partial charge in [-0.25, -0.2) is 14.5 Å². The number of nitrogens with zero attached hydrogens (tertiary/aromatic N) is 2. The van der Waals surface area contributed by atoms with Gasteiger partial charge in [0.2, 0.25) is 5.91 Å². The van der Waals surface area contributed by atoms with Crippen molar-refractivity contribution in [3.63, 3.8) is 0 Å². The fourth-order valence-electron chi connectivity index (χ4n) is 4.24. The van der Waals surface area contributed by atoms with E-state index in [2.05, 4.69) is 5.32 Å². The van der Waals surface area contributed by atoms with Gasteiger partial charge in [-0.3, -0.25) is 9.59 Å². The summed E-state index contributed by atoms with van der Waals surface area (Å²) in [6, 6.07) is 19.1. The molecule has 1 aliphatic heterocycles. The maximum Gasteiger partial charge on any atom is 0.338 e. The third-order valence-corrected chi connectivity index (χ3v) is 6.15. The highest BCUT2D eigenvalue weighted by Crippen LogP contribution is 2.29. The summed E-state index contributed by atoms with van der Waals surface area (Å²) in [4.78, 5) is 54.4. The Hall–Kier alpha value is -4.66. The number of hydrogen-bond acceptors (Lipinski definition) is 6. The minimum absolute atomic E-state index is 0.142. The second-order valence-corrected chi connectivity index (χ2v) is 8.84. The van der Waals surface area contributed by atoms with Crippen molar-refractivity contribution in [1.82, 2.24) is 4.90 Å². The molecule has 1 fully saturated rings. The van der Waals surface area contributed by atoms with Crippen LogP contribution in [0.15, 0.2) is 72.8 Å². The number of urea groups is 1. The van der Waals surface area contributed by atoms with E-state index in [1.165, 1.54) is 4.90 Å². The van der Waals surface area contributed by atoms with E-state index >= 15 is 0 Å². The third kappa shape index (κ3) is 5.83. The van der Waals surface area contributed by atoms with Crippen molar-refractivity contribution >= 4 is 35.2 Å². The number of rotatable bonds is 9. The lowest BCUT2D eigenvalue weighted by Crippen LogP contribution is -2.37. The highest BCUT2D eigenvalue weighted by atomic mass is 16.5. The van der Waals surface area contributed by atoms with E-state index in [1.807, 2.05) is 25.1 Å². The highest BCUT2D eigenvalue weighted by Gasteiger charge is 2.46. The molecule has 0 aliphatic carbocycles. The Balaban J connectivity index is 1.55. The Labute approximate surface area is 220 Å². The molecule has 4 rings (SSSR count). The number of benzene rings is 3. The molecule has 1 heterocycles. The predicted octanol–water partition coefficient (Wildman–Crippen LogP) is 4.55. The van der Waals surface area contributed by atoms with Gasteiger partial charge in [0.1, 0.15) is 11.8 Å². The molecule has 9 heteroatoms. The molecule has 3 aromatic rings. The van der Waals surface area contributed by atoms with E-state index in [4.69, 9.17) is 9.47 Å². The maximum atomic E-state index is 13.5. The molecule has 9 nitrogen and oxygen atoms in total. The molecule has 1 atom stereocenters. The largest absolute Gasteiger partial charge is 0.497 e. The Morgan fingerprint density at radius 3 is 2.32 bits per heavy atom. The smallest absolute Gasteiger partial charge is 0.338 e. The van der Waals surface area contributed by atoms with Gasteiger partial charge in [0.05, 0.1) is 31.4 Å². The molecule has 3 aromatic carbocycles. The van der Waals surface area contributed by atoms with Crippen LogP contribution in [-0.2, 0) is 20.9 Å². The average molecular weight is 516 g/mol. The van der Waals surface area contributed by atoms with Crippen molar-refractivity contribution in [2.45, 2.75) is 32.9 Å². The van der Waals surface area contributed by atoms with Gasteiger partial charge in [0.15, 0.2) is 0 Å². The zero-order valence-corrected chi connectivity index (χ0v) is 21.5. The molecule has 0 saturated carbocycles. The first-order valence-electron chi connectivity index (χ1n) is 12.2. The van der Waals surface area contributed by atoms with Crippen LogP contribution in [0.2, 0.25) is 0 Å². The number of hydrogen-bond donors (Lipinski definition) is 1. The molecule has 1 saturated heterocycles. The molecule has 0 aromatic heterocycles. The third-order valence-electron chi connectivity index (χ3n) is 6.15. The number of anilines is 2. The summed E-state index contributed by atoms with van der Waals surface area (Å²) in [6.07, 6.45) is -0.233. The molecule has 0 radical (unpaired) electrons. The van der Waals surface area contributed by atoms with E-state index in [0.717, 1.165) is 16.0 Å². The average Bonchev–Trinajstić information content (AvgIpc) is 3.13. The number of methoxy groups -OCH3 is 1. The normalized spacial score (nSPS) is 15.0. The number of carbonyl (C=O) groups is 4. The van der Waals surface area contributed by atoms with E-state index in [0.29, 0.717) is 22.7 Å². The summed E-state index contributed by atoms with van der Waals surface area (Å²) >= 11 is 0. The number of aryl methyl sites for hydroxylation is 1. The number of esters is 1. The van der Waals surface area contributed by atoms with Crippen LogP contribution in [0, 0.1) is 6.92 Å². The van der Waals surface area contributed by atoms with Gasteiger partial charge < -0.3 is 19.7 Å². The monoisotopic (exact) mass is 515 g/mol. The zero-order chi connectivity index (χ0) is 27.2. The molecule has 0 spiro atoms. The number of ether oxygens (including phenoxy) is 2. The predicted molar refractivity (Wildman–Crippen MR) is 142 cm³/mol. The summed E-state index contributed by atoms with van der Waals surface area (Å²) in [5, 5.41) is 2.75. The number of carbonyl (C=O) groups excluding carboxylic acids is 4. The molecule has 1 N–H and O–H groups in total. The van der Waals surface area contributed by atoms with Crippen molar-refractivity contribution in [3.05, 3.63) is 89.5 Å². The van der Waals surface area contributed by atoms with Crippen molar-refractivity contribution in [2.24, 2.45) is 0 Å². The Morgan fingerprint density at radius 1 is 0.974 bits per heavy atom. The standard InChI is InChI=1S/C29H29N3O6/c1-4-38-28(35)21-10-12-22(13-11-21)30-26(33)17-25-27(34)32(23-7-5-6-19(2)16-23)29(36)31(25)18-20-8-14-24(37-3)15-9-20/h5-16,25H,4,17-18H2,1-3H3,(H,30,33)/t25-/m0/s1. The Kier molecular flexibility index (Phi) is 8.06. The van der Waals surface area contributed by atoms with E-state index < -0.39 is 29.9 Å². The van der Waals surface area contributed by atoms with Gasteiger partial charge in [-0.2, -0.15) is 0 Å². The first-order chi connectivity index (χ1) is 18.3. The zero-order valence-electron chi connectivity index (χ0n) is 21.5. The number of amides is 4. The van der Waals surface area contributed by atoms with Gasteiger partial charge in [0, 0.05) is 12.2 Å². The second kappa shape index (κ2) is 11.6. The molecule has 0 unspecified atom stereocenters. The van der Waals surface area contributed by atoms with Gasteiger partial charge >= 0.3 is 12.0 Å². The fourth-order valence-corrected chi connectivity index (χ4v) is 4.24. The lowest BCUT2D eigenvalue weighted by molar-refractivity contribution is -0.124. The minimum Gasteiger partial charge on any atom is -0.497 e. The molecular weight excluding hydrogens is 486 g/mol. The first-order valence-corrected chi connectivity index (χ1v) is 12.2. The molecule has 38 heavy (non-hydrogen) atoms. The molecule has 1 aliphatic rings. The van der Waals surface area contributed by atoms with Crippen LogP contribution in [0.25, 0.3) is 0 Å². The van der Waals surface area contributed by atoms with Gasteiger partial charge in [0.25, 0.3) is 5.91 Å². The van der Waals surface area contributed by atoms with E-state index in [9.17, 15) is 19.2 Å². The highest BCUT2D eigenvalue weighted by molar-refractivity contribution is 6.22. The summed E-state index contributed by atoms with van der Waals surface area (Å²) in [6.45, 7) is 4.00. The van der Waals surface area contributed by atoms with E-state index in [-0.39, 0.29) is 19.6 Å². The molecule has 4 amide bonds. The molecule has 0 bridgehead atoms. The molecule has 196 valence electrons. The Bertz CT molecular complexity index is 1340. The lowest BCUT2D eigenvalue weighted by atomic mass is 10.1. The van der Waals surface area contributed by atoms with Crippen LogP contribution in [0.3, 0.4) is 0 Å². The lowest BCUT2D eigenvalue weighted by Gasteiger charge is -2.22. The van der Waals surface area contributed by atoms with Crippen molar-refractivity contribution < 1.29 is 28.7 Å². The van der Waals surface area contributed by atoms with Crippen molar-refractivity contribution in [1.29, 1.82) is 0 Å². The van der Waals surface area contributed by atoms with Crippen LogP contribution < -0.4 is 15.0 Å². The van der Waals surface area contributed by atoms with E-state index in [1.54, 1.807) is 68.6 Å². The fraction of sp³-hybridized carbons (Fsp3) is 0.241. The van der Waals surface area contributed by atoms with Gasteiger partial charge in [-0.05, 0) is 73.5 Å². The van der Waals surface area contributed by atoms with Crippen LogP contribution in [0.1, 0.15) is 34.8 Å². The van der Waals surface area contributed by atoms with Gasteiger partial charge in [-0.15, -0.1) is 0 Å². The summed E-state index contributed by atoms with van der Waals surface area (Å²) in [5.74, 6) is -0.692. The summed E-state index contributed by atoms with van der Waals surface area (Å²) in [7, 11) is 1.57. The van der Waals surface area contributed by atoms with Gasteiger partial charge in [-0.1, -0.05) is 24.3 Å². The quantitative estimate of drug-likeness (QED) is 0.331. The number of imide groups is 1. The minimum atomic E-state index is -0.996. The Morgan fingerprint density at radius 2 is 1.68 bits per heavy atom.